The van der Waals surface area contributed by atoms with Crippen LogP contribution in [0.1, 0.15) is 0 Å². The van der Waals surface area contributed by atoms with Gasteiger partial charge >= 0.3 is 21.1 Å². The van der Waals surface area contributed by atoms with Gasteiger partial charge in [-0.3, -0.25) is 9.97 Å². The average molecular weight is 600 g/mol. The van der Waals surface area contributed by atoms with Crippen molar-refractivity contribution < 1.29 is 21.1 Å². The molecule has 0 spiro atoms. The van der Waals surface area contributed by atoms with Gasteiger partial charge in [0.1, 0.15) is 0 Å². The maximum atomic E-state index is 5.09. The Morgan fingerprint density at radius 3 is 2.06 bits per heavy atom. The maximum Gasteiger partial charge on any atom is 2.00 e. The summed E-state index contributed by atoms with van der Waals surface area (Å²) in [5.74, 6) is 0. The van der Waals surface area contributed by atoms with Crippen LogP contribution in [-0.4, -0.2) is 9.97 Å². The van der Waals surface area contributed by atoms with E-state index in [4.69, 9.17) is 9.97 Å². The third kappa shape index (κ3) is 3.22. The van der Waals surface area contributed by atoms with Gasteiger partial charge in [-0.25, -0.2) is 0 Å². The van der Waals surface area contributed by atoms with E-state index in [1.165, 1.54) is 0 Å². The van der Waals surface area contributed by atoms with Gasteiger partial charge in [-0.1, -0.05) is 87.6 Å². The minimum absolute atomic E-state index is 0. The summed E-state index contributed by atoms with van der Waals surface area (Å²) in [4.78, 5) is 10.1. The van der Waals surface area contributed by atoms with Crippen LogP contribution in [0.3, 0.4) is 0 Å². The Bertz CT molecular complexity index is 1750. The summed E-state index contributed by atoms with van der Waals surface area (Å²) in [6, 6.07) is 40.7. The van der Waals surface area contributed by atoms with E-state index >= 15 is 0 Å². The van der Waals surface area contributed by atoms with Crippen molar-refractivity contribution in [2.45, 2.75) is 0 Å². The number of rotatable bonds is 0. The zero-order valence-electron chi connectivity index (χ0n) is 17.4. The van der Waals surface area contributed by atoms with Gasteiger partial charge in [0.15, 0.2) is 0 Å². The van der Waals surface area contributed by atoms with Gasteiger partial charge in [0.2, 0.25) is 0 Å². The van der Waals surface area contributed by atoms with Crippen molar-refractivity contribution >= 4 is 65.2 Å². The first kappa shape index (κ1) is 20.0. The van der Waals surface area contributed by atoms with Crippen molar-refractivity contribution in [3.8, 4) is 0 Å². The molecule has 156 valence electrons. The van der Waals surface area contributed by atoms with Crippen molar-refractivity contribution in [3.05, 3.63) is 109 Å². The second-order valence-corrected chi connectivity index (χ2v) is 8.10. The number of aromatic nitrogens is 2. The summed E-state index contributed by atoms with van der Waals surface area (Å²) in [6.45, 7) is 0. The van der Waals surface area contributed by atoms with Gasteiger partial charge < -0.3 is 0 Å². The second kappa shape index (κ2) is 7.76. The molecule has 0 atom stereocenters. The minimum Gasteiger partial charge on any atom is -0.295 e. The fraction of sp³-hybridized carbons (Fsp3) is 0. The quantitative estimate of drug-likeness (QED) is 0.168. The van der Waals surface area contributed by atoms with Gasteiger partial charge in [0.25, 0.3) is 0 Å². The zero-order valence-corrected chi connectivity index (χ0v) is 19.7. The molecule has 0 saturated carbocycles. The molecule has 0 amide bonds. The molecular formula is C30H16N2Pt. The van der Waals surface area contributed by atoms with Crippen LogP contribution in [-0.2, 0) is 21.1 Å². The molecule has 0 aliphatic rings. The number of para-hydroxylation sites is 1. The molecule has 0 unspecified atom stereocenters. The first-order chi connectivity index (χ1) is 15.8. The fourth-order valence-corrected chi connectivity index (χ4v) is 4.59. The maximum absolute atomic E-state index is 5.09. The van der Waals surface area contributed by atoms with Crippen LogP contribution in [0.15, 0.2) is 97.1 Å². The number of hydrogen-bond donors (Lipinski definition) is 0. The van der Waals surface area contributed by atoms with E-state index in [9.17, 15) is 0 Å². The first-order valence-electron chi connectivity index (χ1n) is 10.7. The molecule has 0 aliphatic carbocycles. The van der Waals surface area contributed by atoms with Crippen LogP contribution in [0.2, 0.25) is 0 Å². The number of benzene rings is 4. The van der Waals surface area contributed by atoms with Crippen LogP contribution < -0.4 is 0 Å². The van der Waals surface area contributed by atoms with Crippen LogP contribution in [0.5, 0.6) is 0 Å². The van der Waals surface area contributed by atoms with Crippen LogP contribution in [0.4, 0.5) is 0 Å². The van der Waals surface area contributed by atoms with Crippen molar-refractivity contribution in [3.63, 3.8) is 0 Å². The van der Waals surface area contributed by atoms with Crippen molar-refractivity contribution in [1.82, 2.24) is 9.97 Å². The van der Waals surface area contributed by atoms with Gasteiger partial charge in [0, 0.05) is 22.1 Å². The Kier molecular flexibility index (Phi) is 4.71. The molecule has 0 radical (unpaired) electrons. The largest absolute Gasteiger partial charge is 2.00 e. The molecule has 3 heteroatoms. The Morgan fingerprint density at radius 1 is 0.455 bits per heavy atom. The predicted molar refractivity (Wildman–Crippen MR) is 134 cm³/mol. The van der Waals surface area contributed by atoms with Crippen molar-refractivity contribution in [1.29, 1.82) is 0 Å². The molecule has 0 fully saturated rings. The molecule has 7 rings (SSSR count). The smallest absolute Gasteiger partial charge is 0.295 e. The van der Waals surface area contributed by atoms with Gasteiger partial charge in [-0.2, -0.15) is 0 Å². The number of pyridine rings is 2. The molecule has 0 N–H and O–H groups in total. The van der Waals surface area contributed by atoms with Crippen LogP contribution >= 0.6 is 0 Å². The number of fused-ring (bicyclic) bond motifs is 10. The van der Waals surface area contributed by atoms with E-state index in [1.807, 2.05) is 6.07 Å². The molecule has 3 aromatic heterocycles. The van der Waals surface area contributed by atoms with E-state index in [2.05, 4.69) is 103 Å². The van der Waals surface area contributed by atoms with Crippen LogP contribution in [0, 0.1) is 12.1 Å². The van der Waals surface area contributed by atoms with E-state index in [0.717, 1.165) is 65.2 Å². The minimum atomic E-state index is 0. The van der Waals surface area contributed by atoms with E-state index in [-0.39, 0.29) is 21.1 Å². The molecule has 0 aliphatic heterocycles. The summed E-state index contributed by atoms with van der Waals surface area (Å²) in [5, 5.41) is 8.41. The van der Waals surface area contributed by atoms with E-state index in [1.54, 1.807) is 0 Å². The zero-order chi connectivity index (χ0) is 21.1. The predicted octanol–water partition coefficient (Wildman–Crippen LogP) is 7.56. The molecule has 8 bridgehead atoms. The Hall–Kier alpha value is -3.61. The Balaban J connectivity index is 0.00000206. The topological polar surface area (TPSA) is 25.8 Å². The summed E-state index contributed by atoms with van der Waals surface area (Å²) < 4.78 is 0. The third-order valence-corrected chi connectivity index (χ3v) is 6.17. The number of nitrogens with zero attached hydrogens (tertiary/aromatic N) is 2. The third-order valence-electron chi connectivity index (χ3n) is 6.17. The van der Waals surface area contributed by atoms with Gasteiger partial charge in [-0.15, -0.1) is 53.2 Å². The summed E-state index contributed by atoms with van der Waals surface area (Å²) in [6.07, 6.45) is 0. The number of hydrogen-bond acceptors (Lipinski definition) is 2. The molecule has 4 aromatic carbocycles. The molecule has 33 heavy (non-hydrogen) atoms. The first-order valence-corrected chi connectivity index (χ1v) is 10.7. The second-order valence-electron chi connectivity index (χ2n) is 8.10. The molecule has 0 saturated heterocycles. The fourth-order valence-electron chi connectivity index (χ4n) is 4.59. The Morgan fingerprint density at radius 2 is 1.12 bits per heavy atom. The van der Waals surface area contributed by atoms with Crippen LogP contribution in [0.25, 0.3) is 65.2 Å². The van der Waals surface area contributed by atoms with Crippen molar-refractivity contribution in [2.24, 2.45) is 0 Å². The summed E-state index contributed by atoms with van der Waals surface area (Å²) in [7, 11) is 0. The Labute approximate surface area is 204 Å². The standard InChI is InChI=1S/C30H16N2.Pt/c1-7-21-17-22(8-1)27-11-4-12-29(31-27)25-10-2-5-19-13-14-23(18-26(19)25)28-16-15-20-6-3-9-24(21)30(20)32-28;/h1-16H;/q-2;+2. The normalized spacial score (nSPS) is 11.4. The van der Waals surface area contributed by atoms with Crippen molar-refractivity contribution in [2.75, 3.05) is 0 Å². The van der Waals surface area contributed by atoms with Gasteiger partial charge in [-0.05, 0) is 11.5 Å². The van der Waals surface area contributed by atoms with E-state index in [0.29, 0.717) is 0 Å². The SMILES string of the molecule is [Pt+2].[c-]1c2cccc1c1cccc3ccc(nc31)c1[c-]c3c(cccc3c3cccc2n3)cc1. The molecule has 3 heterocycles. The molecule has 2 nitrogen and oxygen atoms in total. The summed E-state index contributed by atoms with van der Waals surface area (Å²) in [5.41, 5.74) is 3.72. The summed E-state index contributed by atoms with van der Waals surface area (Å²) >= 11 is 0. The molecule has 7 aromatic rings. The van der Waals surface area contributed by atoms with E-state index < -0.39 is 0 Å². The monoisotopic (exact) mass is 599 g/mol. The average Bonchev–Trinajstić information content (AvgIpc) is 2.87. The van der Waals surface area contributed by atoms with Gasteiger partial charge in [0.05, 0.1) is 0 Å². The molecular weight excluding hydrogens is 583 g/mol.